The highest BCUT2D eigenvalue weighted by molar-refractivity contribution is 5.77. The third kappa shape index (κ3) is 3.75. The molecule has 0 aromatic rings. The zero-order chi connectivity index (χ0) is 24.3. The van der Waals surface area contributed by atoms with Gasteiger partial charge in [-0.3, -0.25) is 0 Å². The van der Waals surface area contributed by atoms with Crippen molar-refractivity contribution in [3.63, 3.8) is 0 Å². The van der Waals surface area contributed by atoms with Gasteiger partial charge in [-0.25, -0.2) is 4.79 Å². The second kappa shape index (κ2) is 6.64. The van der Waals surface area contributed by atoms with Crippen molar-refractivity contribution in [3.05, 3.63) is 0 Å². The van der Waals surface area contributed by atoms with Gasteiger partial charge in [0.1, 0.15) is 6.42 Å². The topological polar surface area (TPSA) is 37.3 Å². The van der Waals surface area contributed by atoms with Crippen LogP contribution >= 0.6 is 0 Å². The second-order valence-corrected chi connectivity index (χ2v) is 5.25. The molecule has 0 saturated heterocycles. The molecule has 0 radical (unpaired) electrons. The van der Waals surface area contributed by atoms with Crippen molar-refractivity contribution in [2.24, 2.45) is 0 Å². The molecule has 0 rings (SSSR count). The van der Waals surface area contributed by atoms with Crippen molar-refractivity contribution in [3.8, 4) is 0 Å². The van der Waals surface area contributed by atoms with Crippen LogP contribution in [0.15, 0.2) is 0 Å². The van der Waals surface area contributed by atoms with Crippen molar-refractivity contribution in [2.75, 3.05) is 0 Å². The average Bonchev–Trinajstić information content (AvgIpc) is 2.43. The van der Waals surface area contributed by atoms with Crippen molar-refractivity contribution < 1.29 is 84.5 Å². The third-order valence-electron chi connectivity index (χ3n) is 3.12. The molecule has 0 bridgehead atoms. The summed E-state index contributed by atoms with van der Waals surface area (Å²) < 4.78 is 217. The van der Waals surface area contributed by atoms with Crippen molar-refractivity contribution >= 4 is 5.97 Å². The van der Waals surface area contributed by atoms with E-state index in [2.05, 4.69) is 0 Å². The summed E-state index contributed by atoms with van der Waals surface area (Å²) >= 11 is 0. The average molecular weight is 478 g/mol. The van der Waals surface area contributed by atoms with Crippen molar-refractivity contribution in [2.45, 2.75) is 54.1 Å². The minimum absolute atomic E-state index is 4.34. The van der Waals surface area contributed by atoms with Crippen LogP contribution in [-0.4, -0.2) is 58.7 Å². The van der Waals surface area contributed by atoms with E-state index in [1.54, 1.807) is 0 Å². The molecule has 0 saturated carbocycles. The molecule has 0 spiro atoms. The molecule has 1 N–H and O–H groups in total. The van der Waals surface area contributed by atoms with Gasteiger partial charge in [-0.1, -0.05) is 0 Å². The van der Waals surface area contributed by atoms with E-state index in [0.29, 0.717) is 0 Å². The maximum atomic E-state index is 13.1. The van der Waals surface area contributed by atoms with Gasteiger partial charge in [0.15, 0.2) is 0 Å². The fraction of sp³-hybridized carbons (Fsp3) is 0.900. The highest BCUT2D eigenvalue weighted by atomic mass is 19.4. The zero-order valence-corrected chi connectivity index (χ0v) is 12.5. The molecule has 0 aromatic heterocycles. The van der Waals surface area contributed by atoms with Crippen LogP contribution in [0.5, 0.6) is 0 Å². The van der Waals surface area contributed by atoms with Crippen LogP contribution in [0.4, 0.5) is 74.6 Å². The Bertz CT molecular complexity index is 631. The van der Waals surface area contributed by atoms with Crippen LogP contribution in [0.3, 0.4) is 0 Å². The number of alkyl halides is 17. The number of carboxylic acids is 1. The van der Waals surface area contributed by atoms with Crippen LogP contribution in [0, 0.1) is 0 Å². The van der Waals surface area contributed by atoms with E-state index in [0.717, 1.165) is 0 Å². The van der Waals surface area contributed by atoms with Crippen LogP contribution in [0.25, 0.3) is 0 Å². The molecule has 0 heterocycles. The zero-order valence-electron chi connectivity index (χ0n) is 12.5. The van der Waals surface area contributed by atoms with Crippen molar-refractivity contribution in [1.29, 1.82) is 0 Å². The number of hydrogen-bond donors (Lipinski definition) is 1. The summed E-state index contributed by atoms with van der Waals surface area (Å²) in [5.74, 6) is -61.0. The molecule has 2 nitrogen and oxygen atoms in total. The number of rotatable bonds is 8. The molecule has 0 aliphatic heterocycles. The number of carbonyl (C=O) groups is 1. The molecule has 0 atom stereocenters. The summed E-state index contributed by atoms with van der Waals surface area (Å²) in [6.07, 6.45) is -10.9. The van der Waals surface area contributed by atoms with Gasteiger partial charge in [0.25, 0.3) is 0 Å². The number of halogens is 17. The fourth-order valence-corrected chi connectivity index (χ4v) is 1.52. The van der Waals surface area contributed by atoms with E-state index in [1.165, 1.54) is 0 Å². The molecule has 0 aliphatic carbocycles. The maximum Gasteiger partial charge on any atom is 0.410 e. The van der Waals surface area contributed by atoms with Crippen LogP contribution < -0.4 is 0 Å². The van der Waals surface area contributed by atoms with Gasteiger partial charge in [0, 0.05) is 0 Å². The lowest BCUT2D eigenvalue weighted by molar-refractivity contribution is -0.441. The fourth-order valence-electron chi connectivity index (χ4n) is 1.52. The summed E-state index contributed by atoms with van der Waals surface area (Å²) in [5, 5.41) is 7.64. The third-order valence-corrected chi connectivity index (χ3v) is 3.12. The van der Waals surface area contributed by atoms with Gasteiger partial charge in [-0.05, 0) is 0 Å². The normalized spacial score (nSPS) is 16.2. The molecule has 0 unspecified atom stereocenters. The quantitative estimate of drug-likeness (QED) is 0.470. The van der Waals surface area contributed by atoms with Gasteiger partial charge in [-0.2, -0.15) is 74.6 Å². The van der Waals surface area contributed by atoms with E-state index < -0.39 is 60.0 Å². The Morgan fingerprint density at radius 1 is 0.517 bits per heavy atom. The lowest BCUT2D eigenvalue weighted by Gasteiger charge is -2.42. The summed E-state index contributed by atoms with van der Waals surface area (Å²) in [5.41, 5.74) is 0. The SMILES string of the molecule is O=C(O)C(F)(F)C(F)(F)C(F)(F)C(F)(F)C(F)(F)C(F)(F)C(F)(F)CC(F)(F)F. The largest absolute Gasteiger partial charge is 0.477 e. The lowest BCUT2D eigenvalue weighted by Crippen LogP contribution is -2.73. The standard InChI is InChI=1S/C10H3F17O2/c11-3(12,1-4(13,14)15)6(18,19)8(22,23)10(26,27)9(24,25)7(20,21)5(16,17)2(28)29/h1H2,(H,28,29). The van der Waals surface area contributed by atoms with Gasteiger partial charge < -0.3 is 5.11 Å². The smallest absolute Gasteiger partial charge is 0.410 e. The van der Waals surface area contributed by atoms with Gasteiger partial charge in [0.05, 0.1) is 0 Å². The van der Waals surface area contributed by atoms with Crippen LogP contribution in [-0.2, 0) is 4.79 Å². The molecule has 0 aliphatic rings. The van der Waals surface area contributed by atoms with E-state index in [4.69, 9.17) is 5.11 Å². The van der Waals surface area contributed by atoms with Gasteiger partial charge in [-0.15, -0.1) is 0 Å². The van der Waals surface area contributed by atoms with E-state index in [1.807, 2.05) is 0 Å². The Balaban J connectivity index is 6.63. The number of hydrogen-bond acceptors (Lipinski definition) is 1. The minimum Gasteiger partial charge on any atom is -0.477 e. The predicted molar refractivity (Wildman–Crippen MR) is 52.9 cm³/mol. The van der Waals surface area contributed by atoms with Gasteiger partial charge >= 0.3 is 53.6 Å². The monoisotopic (exact) mass is 478 g/mol. The van der Waals surface area contributed by atoms with Gasteiger partial charge in [0.2, 0.25) is 0 Å². The maximum absolute atomic E-state index is 13.1. The molecular formula is C10H3F17O2. The first-order chi connectivity index (χ1) is 12.2. The Hall–Kier alpha value is -1.72. The number of carboxylic acid groups (broad SMARTS) is 1. The molecule has 0 amide bonds. The Labute approximate surface area is 146 Å². The Morgan fingerprint density at radius 2 is 0.793 bits per heavy atom. The summed E-state index contributed by atoms with van der Waals surface area (Å²) in [6.45, 7) is 0. The molecule has 174 valence electrons. The van der Waals surface area contributed by atoms with Crippen molar-refractivity contribution in [1.82, 2.24) is 0 Å². The molecule has 0 fully saturated rings. The number of aliphatic carboxylic acids is 1. The van der Waals surface area contributed by atoms with E-state index in [9.17, 15) is 79.4 Å². The molecular weight excluding hydrogens is 475 g/mol. The summed E-state index contributed by atoms with van der Waals surface area (Å²) in [7, 11) is 0. The Morgan fingerprint density at radius 3 is 1.07 bits per heavy atom. The molecule has 19 heteroatoms. The summed E-state index contributed by atoms with van der Waals surface area (Å²) in [6, 6.07) is 0. The second-order valence-electron chi connectivity index (χ2n) is 5.25. The van der Waals surface area contributed by atoms with Crippen LogP contribution in [0.2, 0.25) is 0 Å². The predicted octanol–water partition coefficient (Wildman–Crippen LogP) is 5.47. The first-order valence-electron chi connectivity index (χ1n) is 6.10. The van der Waals surface area contributed by atoms with E-state index in [-0.39, 0.29) is 0 Å². The lowest BCUT2D eigenvalue weighted by atomic mass is 9.88. The summed E-state index contributed by atoms with van der Waals surface area (Å²) in [4.78, 5) is 9.81. The van der Waals surface area contributed by atoms with Crippen LogP contribution in [0.1, 0.15) is 6.42 Å². The molecule has 29 heavy (non-hydrogen) atoms. The first-order valence-corrected chi connectivity index (χ1v) is 6.10. The highest BCUT2D eigenvalue weighted by Crippen LogP contribution is 2.63. The minimum atomic E-state index is -8.62. The molecule has 0 aromatic carbocycles. The first kappa shape index (κ1) is 27.3. The Kier molecular flexibility index (Phi) is 6.25. The van der Waals surface area contributed by atoms with E-state index >= 15 is 0 Å². The highest BCUT2D eigenvalue weighted by Gasteiger charge is 2.93.